The van der Waals surface area contributed by atoms with Gasteiger partial charge in [-0.3, -0.25) is 9.59 Å². The van der Waals surface area contributed by atoms with E-state index in [2.05, 4.69) is 5.32 Å². The molecule has 1 aliphatic heterocycles. The third-order valence-corrected chi connectivity index (χ3v) is 5.55. The SMILES string of the molecule is CC(C)[C@@H](NC(=O)c1c(F)cccc1F)C(=O)N1CCc2sccc2C1. The van der Waals surface area contributed by atoms with Crippen LogP contribution in [0.25, 0.3) is 0 Å². The van der Waals surface area contributed by atoms with Crippen molar-refractivity contribution >= 4 is 23.2 Å². The number of rotatable bonds is 4. The molecule has 1 aromatic heterocycles. The molecule has 0 saturated heterocycles. The van der Waals surface area contributed by atoms with E-state index in [1.54, 1.807) is 30.1 Å². The maximum atomic E-state index is 13.8. The zero-order chi connectivity index (χ0) is 18.8. The molecule has 7 heteroatoms. The number of fused-ring (bicyclic) bond motifs is 1. The highest BCUT2D eigenvalue weighted by molar-refractivity contribution is 7.10. The van der Waals surface area contributed by atoms with Crippen LogP contribution in [0.5, 0.6) is 0 Å². The fourth-order valence-electron chi connectivity index (χ4n) is 3.07. The Labute approximate surface area is 154 Å². The van der Waals surface area contributed by atoms with Crippen molar-refractivity contribution in [1.29, 1.82) is 0 Å². The average molecular weight is 378 g/mol. The molecule has 4 nitrogen and oxygen atoms in total. The summed E-state index contributed by atoms with van der Waals surface area (Å²) < 4.78 is 27.7. The van der Waals surface area contributed by atoms with Crippen molar-refractivity contribution in [1.82, 2.24) is 10.2 Å². The molecule has 0 radical (unpaired) electrons. The lowest BCUT2D eigenvalue weighted by molar-refractivity contribution is -0.135. The first-order valence-corrected chi connectivity index (χ1v) is 9.35. The Bertz CT molecular complexity index is 814. The highest BCUT2D eigenvalue weighted by Crippen LogP contribution is 2.25. The van der Waals surface area contributed by atoms with Crippen LogP contribution in [0, 0.1) is 17.6 Å². The molecule has 0 spiro atoms. The molecule has 1 aliphatic rings. The number of nitrogens with one attached hydrogen (secondary N) is 1. The first-order chi connectivity index (χ1) is 12.4. The lowest BCUT2D eigenvalue weighted by Crippen LogP contribution is -2.52. The Hall–Kier alpha value is -2.28. The summed E-state index contributed by atoms with van der Waals surface area (Å²) in [5.41, 5.74) is 0.452. The summed E-state index contributed by atoms with van der Waals surface area (Å²) in [6, 6.07) is 4.39. The number of carbonyl (C=O) groups is 2. The summed E-state index contributed by atoms with van der Waals surface area (Å²) >= 11 is 1.67. The van der Waals surface area contributed by atoms with Crippen LogP contribution in [-0.4, -0.2) is 29.3 Å². The molecule has 2 aromatic rings. The van der Waals surface area contributed by atoms with Gasteiger partial charge in [-0.25, -0.2) is 8.78 Å². The molecule has 26 heavy (non-hydrogen) atoms. The number of hydrogen-bond acceptors (Lipinski definition) is 3. The van der Waals surface area contributed by atoms with E-state index in [0.29, 0.717) is 13.1 Å². The van der Waals surface area contributed by atoms with Crippen LogP contribution in [0.3, 0.4) is 0 Å². The Balaban J connectivity index is 1.77. The lowest BCUT2D eigenvalue weighted by atomic mass is 10.00. The quantitative estimate of drug-likeness (QED) is 0.887. The van der Waals surface area contributed by atoms with Gasteiger partial charge in [-0.15, -0.1) is 11.3 Å². The van der Waals surface area contributed by atoms with Gasteiger partial charge >= 0.3 is 0 Å². The summed E-state index contributed by atoms with van der Waals surface area (Å²) in [5.74, 6) is -3.26. The first kappa shape index (κ1) is 18.5. The third kappa shape index (κ3) is 3.62. The summed E-state index contributed by atoms with van der Waals surface area (Å²) in [7, 11) is 0. The third-order valence-electron chi connectivity index (χ3n) is 4.53. The van der Waals surface area contributed by atoms with Crippen LogP contribution in [0.4, 0.5) is 8.78 Å². The molecular weight excluding hydrogens is 358 g/mol. The maximum absolute atomic E-state index is 13.8. The smallest absolute Gasteiger partial charge is 0.257 e. The molecule has 1 aromatic carbocycles. The standard InChI is InChI=1S/C19H20F2N2O2S/c1-11(2)17(22-18(24)16-13(20)4-3-5-14(16)21)19(25)23-8-6-15-12(10-23)7-9-26-15/h3-5,7,9,11,17H,6,8,10H2,1-2H3,(H,22,24)/t17-/m1/s1. The second-order valence-corrected chi connectivity index (χ2v) is 7.67. The predicted octanol–water partition coefficient (Wildman–Crippen LogP) is 3.37. The number of halogens is 2. The van der Waals surface area contributed by atoms with Crippen LogP contribution < -0.4 is 5.32 Å². The Morgan fingerprint density at radius 3 is 2.54 bits per heavy atom. The highest BCUT2D eigenvalue weighted by atomic mass is 32.1. The lowest BCUT2D eigenvalue weighted by Gasteiger charge is -2.32. The van der Waals surface area contributed by atoms with Crippen LogP contribution >= 0.6 is 11.3 Å². The Morgan fingerprint density at radius 2 is 1.88 bits per heavy atom. The highest BCUT2D eigenvalue weighted by Gasteiger charge is 2.32. The van der Waals surface area contributed by atoms with E-state index in [9.17, 15) is 18.4 Å². The van der Waals surface area contributed by atoms with Gasteiger partial charge in [0.05, 0.1) is 0 Å². The number of nitrogens with zero attached hydrogens (tertiary/aromatic N) is 1. The van der Waals surface area contributed by atoms with E-state index in [-0.39, 0.29) is 11.8 Å². The molecule has 3 rings (SSSR count). The van der Waals surface area contributed by atoms with Gasteiger partial charge in [-0.05, 0) is 41.5 Å². The van der Waals surface area contributed by atoms with E-state index in [0.717, 1.165) is 24.1 Å². The topological polar surface area (TPSA) is 49.4 Å². The summed E-state index contributed by atoms with van der Waals surface area (Å²) in [6.07, 6.45) is 0.777. The molecule has 0 aliphatic carbocycles. The van der Waals surface area contributed by atoms with Crippen LogP contribution in [0.15, 0.2) is 29.6 Å². The second kappa shape index (κ2) is 7.53. The fourth-order valence-corrected chi connectivity index (χ4v) is 3.96. The van der Waals surface area contributed by atoms with E-state index in [4.69, 9.17) is 0 Å². The van der Waals surface area contributed by atoms with Gasteiger partial charge < -0.3 is 10.2 Å². The molecule has 0 bridgehead atoms. The molecule has 138 valence electrons. The van der Waals surface area contributed by atoms with Crippen LogP contribution in [0.1, 0.15) is 34.6 Å². The van der Waals surface area contributed by atoms with E-state index in [1.165, 1.54) is 10.9 Å². The van der Waals surface area contributed by atoms with Crippen molar-refractivity contribution < 1.29 is 18.4 Å². The number of amides is 2. The molecule has 0 fully saturated rings. The molecular formula is C19H20F2N2O2S. The first-order valence-electron chi connectivity index (χ1n) is 8.47. The molecule has 1 atom stereocenters. The van der Waals surface area contributed by atoms with Gasteiger partial charge in [0, 0.05) is 18.0 Å². The Kier molecular flexibility index (Phi) is 5.36. The van der Waals surface area contributed by atoms with Gasteiger partial charge in [0.25, 0.3) is 5.91 Å². The van der Waals surface area contributed by atoms with E-state index < -0.39 is 29.1 Å². The number of carbonyl (C=O) groups excluding carboxylic acids is 2. The Morgan fingerprint density at radius 1 is 1.19 bits per heavy atom. The average Bonchev–Trinajstić information content (AvgIpc) is 3.06. The van der Waals surface area contributed by atoms with Crippen LogP contribution in [0.2, 0.25) is 0 Å². The maximum Gasteiger partial charge on any atom is 0.257 e. The van der Waals surface area contributed by atoms with Crippen LogP contribution in [-0.2, 0) is 17.8 Å². The minimum absolute atomic E-state index is 0.217. The van der Waals surface area contributed by atoms with Gasteiger partial charge in [-0.1, -0.05) is 19.9 Å². The number of thiophene rings is 1. The van der Waals surface area contributed by atoms with E-state index in [1.807, 2.05) is 11.4 Å². The molecule has 0 unspecified atom stereocenters. The van der Waals surface area contributed by atoms with E-state index >= 15 is 0 Å². The monoisotopic (exact) mass is 378 g/mol. The normalized spacial score (nSPS) is 14.9. The van der Waals surface area contributed by atoms with Crippen molar-refractivity contribution in [3.05, 3.63) is 57.3 Å². The largest absolute Gasteiger partial charge is 0.340 e. The zero-order valence-electron chi connectivity index (χ0n) is 14.6. The summed E-state index contributed by atoms with van der Waals surface area (Å²) in [5, 5.41) is 4.52. The number of hydrogen-bond donors (Lipinski definition) is 1. The molecule has 2 amide bonds. The van der Waals surface area contributed by atoms with Gasteiger partial charge in [0.1, 0.15) is 23.2 Å². The van der Waals surface area contributed by atoms with Gasteiger partial charge in [0.15, 0.2) is 0 Å². The van der Waals surface area contributed by atoms with Crippen molar-refractivity contribution in [3.8, 4) is 0 Å². The van der Waals surface area contributed by atoms with Gasteiger partial charge in [-0.2, -0.15) is 0 Å². The molecule has 2 heterocycles. The second-order valence-electron chi connectivity index (χ2n) is 6.67. The predicted molar refractivity (Wildman–Crippen MR) is 95.9 cm³/mol. The summed E-state index contributed by atoms with van der Waals surface area (Å²) in [4.78, 5) is 28.3. The fraction of sp³-hybridized carbons (Fsp3) is 0.368. The van der Waals surface area contributed by atoms with Crippen molar-refractivity contribution in [2.45, 2.75) is 32.9 Å². The van der Waals surface area contributed by atoms with Crippen molar-refractivity contribution in [2.24, 2.45) is 5.92 Å². The van der Waals surface area contributed by atoms with Crippen molar-refractivity contribution in [2.75, 3.05) is 6.54 Å². The molecule has 0 saturated carbocycles. The minimum Gasteiger partial charge on any atom is -0.340 e. The van der Waals surface area contributed by atoms with Crippen molar-refractivity contribution in [3.63, 3.8) is 0 Å². The summed E-state index contributed by atoms with van der Waals surface area (Å²) in [6.45, 7) is 4.64. The van der Waals surface area contributed by atoms with Gasteiger partial charge in [0.2, 0.25) is 5.91 Å². The number of benzene rings is 1. The molecule has 1 N–H and O–H groups in total. The zero-order valence-corrected chi connectivity index (χ0v) is 15.4. The minimum atomic E-state index is -0.946.